The van der Waals surface area contributed by atoms with Gasteiger partial charge in [-0.3, -0.25) is 4.90 Å². The number of unbranched alkanes of at least 4 members (excludes halogenated alkanes) is 5. The van der Waals surface area contributed by atoms with E-state index in [0.29, 0.717) is 0 Å². The molecule has 1 aliphatic heterocycles. The zero-order valence-electron chi connectivity index (χ0n) is 15.3. The zero-order valence-corrected chi connectivity index (χ0v) is 16.1. The molecule has 0 aromatic heterocycles. The largest absolute Gasteiger partial charge is 0.323 e. The molecule has 24 heavy (non-hydrogen) atoms. The normalized spacial score (nSPS) is 17.4. The van der Waals surface area contributed by atoms with Gasteiger partial charge in [-0.25, -0.2) is 0 Å². The van der Waals surface area contributed by atoms with Crippen molar-refractivity contribution in [2.45, 2.75) is 51.5 Å². The molecule has 4 heteroatoms. The van der Waals surface area contributed by atoms with Crippen LogP contribution in [0.4, 0.5) is 0 Å². The zero-order chi connectivity index (χ0) is 16.3. The van der Waals surface area contributed by atoms with Crippen molar-refractivity contribution in [1.29, 1.82) is 0 Å². The molecule has 0 radical (unpaired) electrons. The van der Waals surface area contributed by atoms with Crippen LogP contribution in [0.2, 0.25) is 0 Å². The Bertz CT molecular complexity index is 405. The van der Waals surface area contributed by atoms with Gasteiger partial charge in [0.2, 0.25) is 0 Å². The van der Waals surface area contributed by atoms with Gasteiger partial charge in [0.15, 0.2) is 0 Å². The number of hydrogen-bond acceptors (Lipinski definition) is 3. The van der Waals surface area contributed by atoms with Crippen LogP contribution in [0.1, 0.15) is 57.1 Å². The third-order valence-electron chi connectivity index (χ3n) is 4.98. The maximum atomic E-state index is 6.34. The molecule has 1 atom stereocenters. The molecule has 0 aliphatic carbocycles. The molecule has 138 valence electrons. The first-order chi connectivity index (χ1) is 11.3. The van der Waals surface area contributed by atoms with Gasteiger partial charge in [-0.1, -0.05) is 69.4 Å². The third kappa shape index (κ3) is 7.98. The molecular formula is C20H36ClN3. The van der Waals surface area contributed by atoms with Crippen LogP contribution in [0.3, 0.4) is 0 Å². The van der Waals surface area contributed by atoms with Gasteiger partial charge in [0, 0.05) is 38.8 Å². The summed E-state index contributed by atoms with van der Waals surface area (Å²) in [7, 11) is 0. The second-order valence-corrected chi connectivity index (χ2v) is 6.93. The molecule has 1 aromatic rings. The molecule has 1 heterocycles. The Kier molecular flexibility index (Phi) is 11.4. The fraction of sp³-hybridized carbons (Fsp3) is 0.700. The van der Waals surface area contributed by atoms with Crippen molar-refractivity contribution >= 4 is 12.4 Å². The lowest BCUT2D eigenvalue weighted by atomic mass is 10.1. The summed E-state index contributed by atoms with van der Waals surface area (Å²) in [6.07, 6.45) is 8.35. The van der Waals surface area contributed by atoms with Gasteiger partial charge in [0.25, 0.3) is 0 Å². The minimum atomic E-state index is 0. The summed E-state index contributed by atoms with van der Waals surface area (Å²) in [4.78, 5) is 5.15. The molecule has 3 nitrogen and oxygen atoms in total. The number of nitrogens with zero attached hydrogens (tertiary/aromatic N) is 2. The third-order valence-corrected chi connectivity index (χ3v) is 4.98. The highest BCUT2D eigenvalue weighted by Gasteiger charge is 2.18. The average molecular weight is 354 g/mol. The van der Waals surface area contributed by atoms with E-state index in [9.17, 15) is 0 Å². The summed E-state index contributed by atoms with van der Waals surface area (Å²) in [5.74, 6) is 0. The van der Waals surface area contributed by atoms with E-state index in [0.717, 1.165) is 19.6 Å². The number of rotatable bonds is 10. The molecule has 0 amide bonds. The molecule has 2 N–H and O–H groups in total. The van der Waals surface area contributed by atoms with Gasteiger partial charge in [0.1, 0.15) is 0 Å². The van der Waals surface area contributed by atoms with E-state index in [1.807, 2.05) is 0 Å². The Morgan fingerprint density at radius 2 is 1.46 bits per heavy atom. The fourth-order valence-electron chi connectivity index (χ4n) is 3.40. The molecule has 1 saturated heterocycles. The van der Waals surface area contributed by atoms with Crippen LogP contribution in [-0.4, -0.2) is 49.1 Å². The lowest BCUT2D eigenvalue weighted by molar-refractivity contribution is 0.125. The van der Waals surface area contributed by atoms with Gasteiger partial charge < -0.3 is 10.6 Å². The van der Waals surface area contributed by atoms with Gasteiger partial charge in [-0.15, -0.1) is 12.4 Å². The summed E-state index contributed by atoms with van der Waals surface area (Å²) in [6.45, 7) is 9.28. The minimum Gasteiger partial charge on any atom is -0.323 e. The van der Waals surface area contributed by atoms with E-state index in [2.05, 4.69) is 47.1 Å². The monoisotopic (exact) mass is 353 g/mol. The van der Waals surface area contributed by atoms with Crippen molar-refractivity contribution in [2.24, 2.45) is 5.73 Å². The van der Waals surface area contributed by atoms with Crippen molar-refractivity contribution in [3.8, 4) is 0 Å². The Morgan fingerprint density at radius 3 is 2.12 bits per heavy atom. The van der Waals surface area contributed by atoms with Crippen molar-refractivity contribution < 1.29 is 0 Å². The van der Waals surface area contributed by atoms with Crippen LogP contribution in [0.15, 0.2) is 30.3 Å². The lowest BCUT2D eigenvalue weighted by Gasteiger charge is -2.36. The summed E-state index contributed by atoms with van der Waals surface area (Å²) < 4.78 is 0. The van der Waals surface area contributed by atoms with Crippen LogP contribution in [-0.2, 0) is 0 Å². The van der Waals surface area contributed by atoms with E-state index in [1.165, 1.54) is 63.7 Å². The SMILES string of the molecule is CCCCCCCCN1CCN(CC(N)c2ccccc2)CC1.Cl. The fourth-order valence-corrected chi connectivity index (χ4v) is 3.40. The topological polar surface area (TPSA) is 32.5 Å². The van der Waals surface area contributed by atoms with Crippen LogP contribution in [0.5, 0.6) is 0 Å². The minimum absolute atomic E-state index is 0. The first-order valence-electron chi connectivity index (χ1n) is 9.55. The highest BCUT2D eigenvalue weighted by atomic mass is 35.5. The van der Waals surface area contributed by atoms with Crippen molar-refractivity contribution in [3.05, 3.63) is 35.9 Å². The second-order valence-electron chi connectivity index (χ2n) is 6.93. The van der Waals surface area contributed by atoms with Crippen molar-refractivity contribution in [3.63, 3.8) is 0 Å². The van der Waals surface area contributed by atoms with Crippen LogP contribution >= 0.6 is 12.4 Å². The average Bonchev–Trinajstić information content (AvgIpc) is 2.60. The molecule has 0 spiro atoms. The summed E-state index contributed by atoms with van der Waals surface area (Å²) in [6, 6.07) is 10.6. The van der Waals surface area contributed by atoms with Gasteiger partial charge in [-0.05, 0) is 18.5 Å². The number of hydrogen-bond donors (Lipinski definition) is 1. The van der Waals surface area contributed by atoms with Crippen LogP contribution in [0.25, 0.3) is 0 Å². The highest BCUT2D eigenvalue weighted by molar-refractivity contribution is 5.85. The summed E-state index contributed by atoms with van der Waals surface area (Å²) >= 11 is 0. The summed E-state index contributed by atoms with van der Waals surface area (Å²) in [5.41, 5.74) is 7.60. The maximum Gasteiger partial charge on any atom is 0.0424 e. The molecule has 1 unspecified atom stereocenters. The Morgan fingerprint density at radius 1 is 0.875 bits per heavy atom. The number of piperazine rings is 1. The van der Waals surface area contributed by atoms with Crippen LogP contribution in [0, 0.1) is 0 Å². The van der Waals surface area contributed by atoms with Crippen LogP contribution < -0.4 is 5.73 Å². The number of benzene rings is 1. The Labute approximate surface area is 155 Å². The first kappa shape index (κ1) is 21.4. The molecule has 1 aromatic carbocycles. The number of halogens is 1. The van der Waals surface area contributed by atoms with E-state index in [1.54, 1.807) is 0 Å². The van der Waals surface area contributed by atoms with Gasteiger partial charge in [0.05, 0.1) is 0 Å². The van der Waals surface area contributed by atoms with Crippen molar-refractivity contribution in [2.75, 3.05) is 39.3 Å². The smallest absolute Gasteiger partial charge is 0.0424 e. The highest BCUT2D eigenvalue weighted by Crippen LogP contribution is 2.13. The molecule has 2 rings (SSSR count). The van der Waals surface area contributed by atoms with E-state index in [-0.39, 0.29) is 18.4 Å². The Balaban J connectivity index is 0.00000288. The maximum absolute atomic E-state index is 6.34. The standard InChI is InChI=1S/C20H35N3.ClH/c1-2-3-4-5-6-10-13-22-14-16-23(17-15-22)18-20(21)19-11-8-7-9-12-19;/h7-9,11-12,20H,2-6,10,13-18,21H2,1H3;1H. The van der Waals surface area contributed by atoms with E-state index >= 15 is 0 Å². The predicted octanol–water partition coefficient (Wildman–Crippen LogP) is 4.09. The van der Waals surface area contributed by atoms with Gasteiger partial charge >= 0.3 is 0 Å². The second kappa shape index (κ2) is 12.7. The van der Waals surface area contributed by atoms with Gasteiger partial charge in [-0.2, -0.15) is 0 Å². The molecule has 1 fully saturated rings. The van der Waals surface area contributed by atoms with E-state index in [4.69, 9.17) is 5.73 Å². The first-order valence-corrected chi connectivity index (χ1v) is 9.55. The van der Waals surface area contributed by atoms with E-state index < -0.39 is 0 Å². The predicted molar refractivity (Wildman–Crippen MR) is 107 cm³/mol. The van der Waals surface area contributed by atoms with Crippen molar-refractivity contribution in [1.82, 2.24) is 9.80 Å². The number of nitrogens with two attached hydrogens (primary N) is 1. The molecule has 0 saturated carbocycles. The quantitative estimate of drug-likeness (QED) is 0.643. The lowest BCUT2D eigenvalue weighted by Crippen LogP contribution is -2.48. The molecule has 0 bridgehead atoms. The Hall–Kier alpha value is -0.610. The molecular weight excluding hydrogens is 318 g/mol. The molecule has 1 aliphatic rings. The summed E-state index contributed by atoms with van der Waals surface area (Å²) in [5, 5.41) is 0.